The van der Waals surface area contributed by atoms with E-state index in [4.69, 9.17) is 36.8 Å². The van der Waals surface area contributed by atoms with Crippen molar-refractivity contribution >= 4 is 83.3 Å². The molecule has 2 radical (unpaired) electrons. The first-order valence-electron chi connectivity index (χ1n) is 1.41. The van der Waals surface area contributed by atoms with E-state index in [1.807, 2.05) is 0 Å². The quantitative estimate of drug-likeness (QED) is 0.171. The molecule has 0 saturated carbocycles. The summed E-state index contributed by atoms with van der Waals surface area (Å²) in [6.07, 6.45) is 0. The average Bonchev–Trinajstić information content (AvgIpc) is 1.12. The van der Waals surface area contributed by atoms with Crippen LogP contribution >= 0.6 is 7.82 Å². The summed E-state index contributed by atoms with van der Waals surface area (Å²) in [7, 11) is -10.3. The normalized spacial score (nSPS) is 9.75. The Labute approximate surface area is 118 Å². The predicted molar refractivity (Wildman–Crippen MR) is 31.8 cm³/mol. The Bertz CT molecular complexity index is 197. The maximum Gasteiger partial charge on any atom is 2.00 e. The summed E-state index contributed by atoms with van der Waals surface area (Å²) < 4.78 is 42.7. The Hall–Kier alpha value is 2.16. The molecular weight excluding hydrogens is 438 g/mol. The fourth-order valence-corrected chi connectivity index (χ4v) is 0. The van der Waals surface area contributed by atoms with Crippen LogP contribution in [0.2, 0.25) is 0 Å². The van der Waals surface area contributed by atoms with Crippen molar-refractivity contribution in [2.24, 2.45) is 0 Å². The minimum Gasteiger partial charge on any atom is -0.790 e. The van der Waals surface area contributed by atoms with Crippen molar-refractivity contribution in [2.45, 2.75) is 0 Å². The standard InChI is InChI=1S/Ca.H3O4P.H2O4S.Pb/c;2*1-5(2,3)4;/h;(H3,1,2,3,4);(H2,1,2,3,4);/q+2;;;+2/p-4. The minimum absolute atomic E-state index is 0. The van der Waals surface area contributed by atoms with Crippen LogP contribution < -0.4 is 9.79 Å². The third-order valence-corrected chi connectivity index (χ3v) is 0. The van der Waals surface area contributed by atoms with Gasteiger partial charge in [-0.15, -0.1) is 0 Å². The molecule has 0 atom stereocenters. The van der Waals surface area contributed by atoms with Gasteiger partial charge >= 0.3 is 65.0 Å². The largest absolute Gasteiger partial charge is 2.00 e. The van der Waals surface area contributed by atoms with Gasteiger partial charge in [-0.25, -0.2) is 0 Å². The van der Waals surface area contributed by atoms with Gasteiger partial charge in [0.2, 0.25) is 0 Å². The first-order valence-corrected chi connectivity index (χ1v) is 4.24. The number of phosphoric acid groups is 1. The van der Waals surface area contributed by atoms with Crippen LogP contribution in [0.3, 0.4) is 0 Å². The zero-order valence-electron chi connectivity index (χ0n) is 5.37. The van der Waals surface area contributed by atoms with Crippen LogP contribution in [0, 0.1) is 0 Å². The van der Waals surface area contributed by atoms with E-state index in [0.717, 1.165) is 0 Å². The fourth-order valence-electron chi connectivity index (χ4n) is 0. The van der Waals surface area contributed by atoms with Crippen LogP contribution in [0.1, 0.15) is 0 Å². The van der Waals surface area contributed by atoms with Gasteiger partial charge in [-0.3, -0.25) is 8.42 Å². The molecule has 0 unspecified atom stereocenters. The molecule has 66 valence electrons. The van der Waals surface area contributed by atoms with E-state index >= 15 is 0 Å². The summed E-state index contributed by atoms with van der Waals surface area (Å²) in [6.45, 7) is 0. The van der Waals surface area contributed by atoms with Gasteiger partial charge in [-0.05, 0) is 0 Å². The molecule has 0 aromatic rings. The summed E-state index contributed by atoms with van der Waals surface area (Å²) in [5.41, 5.74) is 0. The summed E-state index contributed by atoms with van der Waals surface area (Å²) in [6, 6.07) is 0. The third kappa shape index (κ3) is 324. The topological polar surface area (TPSA) is 164 Å². The second-order valence-electron chi connectivity index (χ2n) is 0.877. The van der Waals surface area contributed by atoms with Crippen molar-refractivity contribution in [3.63, 3.8) is 0 Å². The molecule has 0 amide bonds. The van der Waals surface area contributed by atoms with Crippen molar-refractivity contribution in [2.75, 3.05) is 0 Å². The third-order valence-electron chi connectivity index (χ3n) is 0. The maximum absolute atomic E-state index is 8.66. The van der Waals surface area contributed by atoms with Crippen LogP contribution in [0.5, 0.6) is 0 Å². The van der Waals surface area contributed by atoms with Crippen LogP contribution in [0.4, 0.5) is 0 Å². The van der Waals surface area contributed by atoms with Gasteiger partial charge < -0.3 is 28.4 Å². The molecule has 0 bridgehead atoms. The second-order valence-corrected chi connectivity index (χ2v) is 2.63. The summed E-state index contributed by atoms with van der Waals surface area (Å²) in [5.74, 6) is 0. The van der Waals surface area contributed by atoms with Crippen LogP contribution in [-0.2, 0) is 15.0 Å². The first-order chi connectivity index (χ1) is 4.00. The van der Waals surface area contributed by atoms with Crippen LogP contribution in [0.15, 0.2) is 0 Å². The SMILES string of the molecule is O=P([O-])([O-])O.O=S(=O)([O-])[O-].[Ca+2].[Pb+2]. The van der Waals surface area contributed by atoms with Crippen molar-refractivity contribution in [1.82, 2.24) is 0 Å². The summed E-state index contributed by atoms with van der Waals surface area (Å²) in [5, 5.41) is 0. The first kappa shape index (κ1) is 23.8. The smallest absolute Gasteiger partial charge is 0.790 e. The molecule has 0 saturated heterocycles. The number of hydrogen-bond acceptors (Lipinski definition) is 7. The predicted octanol–water partition coefficient (Wildman–Crippen LogP) is -4.29. The summed E-state index contributed by atoms with van der Waals surface area (Å²) in [4.78, 5) is 24.3. The maximum atomic E-state index is 8.66. The molecule has 8 nitrogen and oxygen atoms in total. The van der Waals surface area contributed by atoms with Gasteiger partial charge in [-0.1, -0.05) is 0 Å². The van der Waals surface area contributed by atoms with Crippen molar-refractivity contribution < 1.29 is 36.8 Å². The molecule has 0 spiro atoms. The molecular formula is HCaO8PPbS. The molecule has 0 aromatic carbocycles. The van der Waals surface area contributed by atoms with E-state index in [9.17, 15) is 0 Å². The Kier molecular flexibility index (Phi) is 19.2. The van der Waals surface area contributed by atoms with E-state index in [-0.39, 0.29) is 65.0 Å². The monoisotopic (exact) mass is 440 g/mol. The molecule has 0 fully saturated rings. The van der Waals surface area contributed by atoms with Crippen LogP contribution in [-0.4, -0.2) is 87.5 Å². The Morgan fingerprint density at radius 2 is 1.17 bits per heavy atom. The van der Waals surface area contributed by atoms with Crippen molar-refractivity contribution in [3.8, 4) is 0 Å². The van der Waals surface area contributed by atoms with Crippen molar-refractivity contribution in [1.29, 1.82) is 0 Å². The fraction of sp³-hybridized carbons (Fsp3) is 0. The minimum atomic E-state index is -5.17. The summed E-state index contributed by atoms with van der Waals surface area (Å²) >= 11 is 0. The Morgan fingerprint density at radius 3 is 1.17 bits per heavy atom. The number of rotatable bonds is 0. The zero-order chi connectivity index (χ0) is 9.00. The van der Waals surface area contributed by atoms with Gasteiger partial charge in [-0.2, -0.15) is 0 Å². The average molecular weight is 439 g/mol. The Morgan fingerprint density at radius 1 is 1.17 bits per heavy atom. The molecule has 0 rings (SSSR count). The van der Waals surface area contributed by atoms with Gasteiger partial charge in [0, 0.05) is 10.4 Å². The van der Waals surface area contributed by atoms with E-state index in [1.165, 1.54) is 0 Å². The molecule has 12 heavy (non-hydrogen) atoms. The van der Waals surface area contributed by atoms with Crippen LogP contribution in [0.25, 0.3) is 0 Å². The van der Waals surface area contributed by atoms with Gasteiger partial charge in [0.05, 0.1) is 7.82 Å². The molecule has 0 aliphatic rings. The van der Waals surface area contributed by atoms with E-state index in [1.54, 1.807) is 0 Å². The van der Waals surface area contributed by atoms with Crippen molar-refractivity contribution in [3.05, 3.63) is 0 Å². The van der Waals surface area contributed by atoms with Gasteiger partial charge in [0.1, 0.15) is 0 Å². The molecule has 0 aromatic heterocycles. The molecule has 12 heteroatoms. The van der Waals surface area contributed by atoms with Gasteiger partial charge in [0.15, 0.2) is 0 Å². The molecule has 0 heterocycles. The molecule has 1 N–H and O–H groups in total. The molecule has 0 aliphatic carbocycles. The molecule has 0 aliphatic heterocycles. The van der Waals surface area contributed by atoms with E-state index in [0.29, 0.717) is 0 Å². The second kappa shape index (κ2) is 9.71. The number of hydrogen-bond donors (Lipinski definition) is 1. The van der Waals surface area contributed by atoms with Gasteiger partial charge in [0.25, 0.3) is 0 Å². The Balaban J connectivity index is -0.0000000457. The van der Waals surface area contributed by atoms with E-state index < -0.39 is 18.2 Å². The van der Waals surface area contributed by atoms with E-state index in [2.05, 4.69) is 0 Å². The zero-order valence-corrected chi connectivity index (χ0v) is 13.2.